The summed E-state index contributed by atoms with van der Waals surface area (Å²) < 4.78 is 4.54. The number of hydrogen-bond donors (Lipinski definition) is 0. The van der Waals surface area contributed by atoms with Crippen LogP contribution in [0.3, 0.4) is 0 Å². The Bertz CT molecular complexity index is 275. The highest BCUT2D eigenvalue weighted by atomic mass is 35.5. The molecule has 0 saturated heterocycles. The first-order valence-electron chi connectivity index (χ1n) is 4.82. The Labute approximate surface area is 94.2 Å². The number of rotatable bonds is 5. The second-order valence-electron chi connectivity index (χ2n) is 3.71. The fraction of sp³-hybridized carbons (Fsp3) is 0.778. The molecule has 14 heavy (non-hydrogen) atoms. The predicted molar refractivity (Wildman–Crippen MR) is 60.7 cm³/mol. The SMILES string of the molecule is CCN(Cc1nnsc1Cl)CC(C)C. The van der Waals surface area contributed by atoms with Crippen LogP contribution in [0.5, 0.6) is 0 Å². The van der Waals surface area contributed by atoms with E-state index in [1.807, 2.05) is 0 Å². The van der Waals surface area contributed by atoms with Crippen molar-refractivity contribution in [1.29, 1.82) is 0 Å². The molecule has 3 nitrogen and oxygen atoms in total. The summed E-state index contributed by atoms with van der Waals surface area (Å²) in [6.45, 7) is 9.48. The standard InChI is InChI=1S/C9H16ClN3S/c1-4-13(5-7(2)3)6-8-9(10)14-12-11-8/h7H,4-6H2,1-3H3. The molecule has 0 N–H and O–H groups in total. The van der Waals surface area contributed by atoms with E-state index in [1.165, 1.54) is 11.5 Å². The van der Waals surface area contributed by atoms with Crippen molar-refractivity contribution in [2.75, 3.05) is 13.1 Å². The lowest BCUT2D eigenvalue weighted by Gasteiger charge is -2.21. The van der Waals surface area contributed by atoms with Crippen molar-refractivity contribution in [2.24, 2.45) is 5.92 Å². The van der Waals surface area contributed by atoms with Crippen LogP contribution in [0, 0.1) is 5.92 Å². The Morgan fingerprint density at radius 2 is 2.21 bits per heavy atom. The Kier molecular flexibility index (Phi) is 4.78. The molecule has 0 amide bonds. The summed E-state index contributed by atoms with van der Waals surface area (Å²) in [7, 11) is 0. The second kappa shape index (κ2) is 5.63. The van der Waals surface area contributed by atoms with Gasteiger partial charge in [0.25, 0.3) is 0 Å². The molecule has 1 heterocycles. The van der Waals surface area contributed by atoms with Crippen LogP contribution >= 0.6 is 23.1 Å². The third-order valence-electron chi connectivity index (χ3n) is 1.95. The summed E-state index contributed by atoms with van der Waals surface area (Å²) in [4.78, 5) is 2.33. The molecule has 0 spiro atoms. The highest BCUT2D eigenvalue weighted by molar-refractivity contribution is 7.10. The Balaban J connectivity index is 2.52. The van der Waals surface area contributed by atoms with Crippen LogP contribution in [0.15, 0.2) is 0 Å². The Morgan fingerprint density at radius 1 is 1.50 bits per heavy atom. The van der Waals surface area contributed by atoms with E-state index in [4.69, 9.17) is 11.6 Å². The second-order valence-corrected chi connectivity index (χ2v) is 5.07. The van der Waals surface area contributed by atoms with Gasteiger partial charge in [-0.2, -0.15) is 0 Å². The van der Waals surface area contributed by atoms with Gasteiger partial charge in [-0.3, -0.25) is 4.90 Å². The molecular formula is C9H16ClN3S. The monoisotopic (exact) mass is 233 g/mol. The average Bonchev–Trinajstić information content (AvgIpc) is 2.50. The van der Waals surface area contributed by atoms with Crippen molar-refractivity contribution >= 4 is 23.1 Å². The van der Waals surface area contributed by atoms with E-state index in [2.05, 4.69) is 35.3 Å². The van der Waals surface area contributed by atoms with Crippen molar-refractivity contribution in [2.45, 2.75) is 27.3 Å². The molecular weight excluding hydrogens is 218 g/mol. The van der Waals surface area contributed by atoms with Gasteiger partial charge in [-0.25, -0.2) is 0 Å². The molecule has 0 aliphatic rings. The number of nitrogens with zero attached hydrogens (tertiary/aromatic N) is 3. The van der Waals surface area contributed by atoms with E-state index in [0.717, 1.165) is 25.3 Å². The number of aromatic nitrogens is 2. The van der Waals surface area contributed by atoms with Crippen molar-refractivity contribution in [3.63, 3.8) is 0 Å². The third kappa shape index (κ3) is 3.52. The van der Waals surface area contributed by atoms with E-state index < -0.39 is 0 Å². The molecule has 1 rings (SSSR count). The van der Waals surface area contributed by atoms with Gasteiger partial charge in [0.05, 0.1) is 0 Å². The van der Waals surface area contributed by atoms with Crippen LogP contribution in [0.2, 0.25) is 4.34 Å². The molecule has 80 valence electrons. The molecule has 0 aliphatic carbocycles. The first-order valence-corrected chi connectivity index (χ1v) is 5.97. The van der Waals surface area contributed by atoms with E-state index in [0.29, 0.717) is 10.3 Å². The fourth-order valence-electron chi connectivity index (χ4n) is 1.32. The lowest BCUT2D eigenvalue weighted by atomic mass is 10.2. The molecule has 0 saturated carbocycles. The summed E-state index contributed by atoms with van der Waals surface area (Å²) in [5.41, 5.74) is 0.902. The minimum absolute atomic E-state index is 0.667. The quantitative estimate of drug-likeness (QED) is 0.783. The molecule has 0 unspecified atom stereocenters. The number of halogens is 1. The van der Waals surface area contributed by atoms with Gasteiger partial charge in [0.15, 0.2) is 0 Å². The highest BCUT2D eigenvalue weighted by Crippen LogP contribution is 2.19. The molecule has 0 aromatic carbocycles. The zero-order chi connectivity index (χ0) is 10.6. The fourth-order valence-corrected chi connectivity index (χ4v) is 1.94. The first-order chi connectivity index (χ1) is 6.63. The molecule has 0 fully saturated rings. The Hall–Kier alpha value is -0.190. The molecule has 1 aromatic rings. The molecule has 5 heteroatoms. The van der Waals surface area contributed by atoms with Gasteiger partial charge in [0.2, 0.25) is 0 Å². The van der Waals surface area contributed by atoms with E-state index >= 15 is 0 Å². The normalized spacial score (nSPS) is 11.6. The minimum atomic E-state index is 0.667. The van der Waals surface area contributed by atoms with Crippen LogP contribution in [-0.4, -0.2) is 27.6 Å². The van der Waals surface area contributed by atoms with Crippen molar-refractivity contribution < 1.29 is 0 Å². The zero-order valence-corrected chi connectivity index (χ0v) is 10.4. The minimum Gasteiger partial charge on any atom is -0.297 e. The van der Waals surface area contributed by atoms with Gasteiger partial charge in [-0.05, 0) is 12.5 Å². The lowest BCUT2D eigenvalue weighted by Crippen LogP contribution is -2.27. The topological polar surface area (TPSA) is 29.0 Å². The first kappa shape index (κ1) is 11.9. The number of hydrogen-bond acceptors (Lipinski definition) is 4. The maximum Gasteiger partial charge on any atom is 0.138 e. The highest BCUT2D eigenvalue weighted by Gasteiger charge is 2.11. The lowest BCUT2D eigenvalue weighted by molar-refractivity contribution is 0.245. The predicted octanol–water partition coefficient (Wildman–Crippen LogP) is 2.67. The molecule has 0 atom stereocenters. The maximum absolute atomic E-state index is 5.94. The van der Waals surface area contributed by atoms with Crippen LogP contribution in [0.4, 0.5) is 0 Å². The summed E-state index contributed by atoms with van der Waals surface area (Å²) in [5.74, 6) is 0.667. The molecule has 0 radical (unpaired) electrons. The van der Waals surface area contributed by atoms with Crippen molar-refractivity contribution in [3.8, 4) is 0 Å². The van der Waals surface area contributed by atoms with Gasteiger partial charge in [0, 0.05) is 24.6 Å². The Morgan fingerprint density at radius 3 is 2.64 bits per heavy atom. The smallest absolute Gasteiger partial charge is 0.138 e. The summed E-state index contributed by atoms with van der Waals surface area (Å²) in [5, 5.41) is 4.01. The summed E-state index contributed by atoms with van der Waals surface area (Å²) >= 11 is 7.20. The molecule has 0 bridgehead atoms. The average molecular weight is 234 g/mol. The van der Waals surface area contributed by atoms with Crippen LogP contribution in [0.25, 0.3) is 0 Å². The largest absolute Gasteiger partial charge is 0.297 e. The summed E-state index contributed by atoms with van der Waals surface area (Å²) in [6.07, 6.45) is 0. The van der Waals surface area contributed by atoms with Gasteiger partial charge in [0.1, 0.15) is 10.0 Å². The van der Waals surface area contributed by atoms with Gasteiger partial charge in [-0.15, -0.1) is 5.10 Å². The van der Waals surface area contributed by atoms with Crippen molar-refractivity contribution in [3.05, 3.63) is 10.0 Å². The molecule has 1 aromatic heterocycles. The van der Waals surface area contributed by atoms with E-state index in [-0.39, 0.29) is 0 Å². The van der Waals surface area contributed by atoms with Crippen LogP contribution in [-0.2, 0) is 6.54 Å². The van der Waals surface area contributed by atoms with E-state index in [1.54, 1.807) is 0 Å². The van der Waals surface area contributed by atoms with Crippen molar-refractivity contribution in [1.82, 2.24) is 14.5 Å². The van der Waals surface area contributed by atoms with Gasteiger partial charge in [-0.1, -0.05) is 36.9 Å². The molecule has 0 aliphatic heterocycles. The van der Waals surface area contributed by atoms with Crippen LogP contribution in [0.1, 0.15) is 26.5 Å². The van der Waals surface area contributed by atoms with Crippen LogP contribution < -0.4 is 0 Å². The van der Waals surface area contributed by atoms with Gasteiger partial charge < -0.3 is 0 Å². The summed E-state index contributed by atoms with van der Waals surface area (Å²) in [6, 6.07) is 0. The third-order valence-corrected chi connectivity index (χ3v) is 2.94. The zero-order valence-electron chi connectivity index (χ0n) is 8.83. The maximum atomic E-state index is 5.94. The van der Waals surface area contributed by atoms with Gasteiger partial charge >= 0.3 is 0 Å². The van der Waals surface area contributed by atoms with E-state index in [9.17, 15) is 0 Å².